The van der Waals surface area contributed by atoms with E-state index in [1.165, 1.54) is 4.31 Å². The van der Waals surface area contributed by atoms with Crippen molar-refractivity contribution in [1.82, 2.24) is 9.21 Å². The summed E-state index contributed by atoms with van der Waals surface area (Å²) in [5, 5.41) is 2.90. The Hall–Kier alpha value is -2.42. The van der Waals surface area contributed by atoms with Crippen LogP contribution in [0.3, 0.4) is 0 Å². The molecule has 2 aromatic rings. The van der Waals surface area contributed by atoms with Crippen LogP contribution in [0.2, 0.25) is 0 Å². The minimum absolute atomic E-state index is 0.129. The van der Waals surface area contributed by atoms with Crippen LogP contribution >= 0.6 is 0 Å². The van der Waals surface area contributed by atoms with Crippen LogP contribution in [0.25, 0.3) is 0 Å². The molecule has 1 saturated heterocycles. The molecule has 3 rings (SSSR count). The van der Waals surface area contributed by atoms with Crippen LogP contribution in [0.1, 0.15) is 25.8 Å². The molecular formula is C23H31N3O4S. The highest BCUT2D eigenvalue weighted by Crippen LogP contribution is 2.21. The lowest BCUT2D eigenvalue weighted by molar-refractivity contribution is -0.121. The number of nitrogens with one attached hydrogen (secondary N) is 1. The number of anilines is 1. The van der Waals surface area contributed by atoms with Gasteiger partial charge in [0, 0.05) is 37.9 Å². The van der Waals surface area contributed by atoms with Gasteiger partial charge in [-0.2, -0.15) is 4.31 Å². The van der Waals surface area contributed by atoms with Crippen molar-refractivity contribution < 1.29 is 17.9 Å². The maximum atomic E-state index is 13.0. The fourth-order valence-corrected chi connectivity index (χ4v) is 5.13. The number of benzene rings is 2. The van der Waals surface area contributed by atoms with Gasteiger partial charge in [0.25, 0.3) is 0 Å². The predicted octanol–water partition coefficient (Wildman–Crippen LogP) is 2.98. The van der Waals surface area contributed by atoms with Crippen molar-refractivity contribution in [3.8, 4) is 5.75 Å². The van der Waals surface area contributed by atoms with Gasteiger partial charge in [-0.1, -0.05) is 31.5 Å². The smallest absolute Gasteiger partial charge is 0.243 e. The van der Waals surface area contributed by atoms with Crippen LogP contribution in [-0.4, -0.2) is 62.9 Å². The van der Waals surface area contributed by atoms with Gasteiger partial charge in [0.05, 0.1) is 18.0 Å². The first-order chi connectivity index (χ1) is 14.8. The highest BCUT2D eigenvalue weighted by molar-refractivity contribution is 7.89. The van der Waals surface area contributed by atoms with E-state index < -0.39 is 10.0 Å². The molecule has 0 aliphatic carbocycles. The van der Waals surface area contributed by atoms with Gasteiger partial charge in [-0.05, 0) is 43.2 Å². The summed E-state index contributed by atoms with van der Waals surface area (Å²) in [4.78, 5) is 15.0. The summed E-state index contributed by atoms with van der Waals surface area (Å²) in [5.74, 6) is 0.545. The molecule has 0 aromatic heterocycles. The second-order valence-electron chi connectivity index (χ2n) is 7.73. The number of hydrogen-bond acceptors (Lipinski definition) is 5. The third-order valence-electron chi connectivity index (χ3n) is 5.64. The number of rotatable bonds is 8. The Morgan fingerprint density at radius 2 is 1.77 bits per heavy atom. The molecule has 1 heterocycles. The van der Waals surface area contributed by atoms with E-state index >= 15 is 0 Å². The molecular weight excluding hydrogens is 414 g/mol. The van der Waals surface area contributed by atoms with Gasteiger partial charge >= 0.3 is 0 Å². The minimum atomic E-state index is -3.53. The molecule has 0 radical (unpaired) electrons. The molecule has 1 amide bonds. The Balaban J connectivity index is 1.58. The van der Waals surface area contributed by atoms with Crippen molar-refractivity contribution in [2.75, 3.05) is 38.6 Å². The first-order valence-corrected chi connectivity index (χ1v) is 12.1. The van der Waals surface area contributed by atoms with Crippen molar-refractivity contribution in [2.45, 2.75) is 37.6 Å². The highest BCUT2D eigenvalue weighted by atomic mass is 32.2. The third-order valence-corrected chi connectivity index (χ3v) is 7.55. The second kappa shape index (κ2) is 10.3. The number of amides is 1. The first-order valence-electron chi connectivity index (χ1n) is 10.6. The predicted molar refractivity (Wildman–Crippen MR) is 122 cm³/mol. The van der Waals surface area contributed by atoms with Crippen LogP contribution < -0.4 is 10.1 Å². The molecule has 1 aliphatic rings. The van der Waals surface area contributed by atoms with Crippen LogP contribution in [-0.2, 0) is 21.2 Å². The third kappa shape index (κ3) is 5.64. The summed E-state index contributed by atoms with van der Waals surface area (Å²) in [7, 11) is -1.95. The number of nitrogens with zero attached hydrogens (tertiary/aromatic N) is 2. The van der Waals surface area contributed by atoms with Crippen molar-refractivity contribution in [2.24, 2.45) is 0 Å². The topological polar surface area (TPSA) is 79.0 Å². The second-order valence-corrected chi connectivity index (χ2v) is 9.67. The molecule has 2 aromatic carbocycles. The number of carbonyl (C=O) groups is 1. The normalized spacial score (nSPS) is 16.6. The van der Waals surface area contributed by atoms with Gasteiger partial charge in [-0.15, -0.1) is 0 Å². The molecule has 168 valence electrons. The maximum absolute atomic E-state index is 13.0. The summed E-state index contributed by atoms with van der Waals surface area (Å²) >= 11 is 0. The van der Waals surface area contributed by atoms with E-state index in [0.717, 1.165) is 18.4 Å². The number of piperazine rings is 1. The van der Waals surface area contributed by atoms with E-state index in [4.69, 9.17) is 4.74 Å². The minimum Gasteiger partial charge on any atom is -0.497 e. The molecule has 1 atom stereocenters. The maximum Gasteiger partial charge on any atom is 0.243 e. The Morgan fingerprint density at radius 3 is 2.39 bits per heavy atom. The number of ether oxygens (including phenoxy) is 1. The van der Waals surface area contributed by atoms with Crippen LogP contribution in [0.5, 0.6) is 5.75 Å². The fourth-order valence-electron chi connectivity index (χ4n) is 3.71. The SMILES string of the molecule is CCCc1ccc(S(=O)(=O)N2CCN([C@@H](C)C(=O)Nc3cccc(OC)c3)CC2)cc1. The lowest BCUT2D eigenvalue weighted by Crippen LogP contribution is -2.53. The molecule has 7 nitrogen and oxygen atoms in total. The lowest BCUT2D eigenvalue weighted by Gasteiger charge is -2.36. The van der Waals surface area contributed by atoms with Crippen molar-refractivity contribution in [3.63, 3.8) is 0 Å². The first kappa shape index (κ1) is 23.2. The number of carbonyl (C=O) groups excluding carboxylic acids is 1. The van der Waals surface area contributed by atoms with E-state index in [2.05, 4.69) is 12.2 Å². The van der Waals surface area contributed by atoms with Crippen molar-refractivity contribution in [1.29, 1.82) is 0 Å². The average Bonchev–Trinajstić information content (AvgIpc) is 2.79. The van der Waals surface area contributed by atoms with Crippen LogP contribution in [0, 0.1) is 0 Å². The van der Waals surface area contributed by atoms with Crippen LogP contribution in [0.4, 0.5) is 5.69 Å². The van der Waals surface area contributed by atoms with E-state index in [-0.39, 0.29) is 11.9 Å². The quantitative estimate of drug-likeness (QED) is 0.676. The standard InChI is InChI=1S/C23H31N3O4S/c1-4-6-19-9-11-22(12-10-19)31(28,29)26-15-13-25(14-16-26)18(2)23(27)24-20-7-5-8-21(17-20)30-3/h5,7-12,17-18H,4,6,13-16H2,1-3H3,(H,24,27)/t18-/m0/s1. The Kier molecular flexibility index (Phi) is 7.69. The zero-order valence-corrected chi connectivity index (χ0v) is 19.2. The van der Waals surface area contributed by atoms with Gasteiger partial charge in [-0.3, -0.25) is 9.69 Å². The summed E-state index contributed by atoms with van der Waals surface area (Å²) < 4.78 is 32.7. The van der Waals surface area contributed by atoms with E-state index in [1.54, 1.807) is 25.3 Å². The number of aryl methyl sites for hydroxylation is 1. The molecule has 1 N–H and O–H groups in total. The van der Waals surface area contributed by atoms with Gasteiger partial charge < -0.3 is 10.1 Å². The van der Waals surface area contributed by atoms with Crippen molar-refractivity contribution >= 4 is 21.6 Å². The summed E-state index contributed by atoms with van der Waals surface area (Å²) in [6.07, 6.45) is 1.96. The number of hydrogen-bond donors (Lipinski definition) is 1. The zero-order valence-electron chi connectivity index (χ0n) is 18.4. The fraction of sp³-hybridized carbons (Fsp3) is 0.435. The monoisotopic (exact) mass is 445 g/mol. The summed E-state index contributed by atoms with van der Waals surface area (Å²) in [6, 6.07) is 14.0. The van der Waals surface area contributed by atoms with Crippen LogP contribution in [0.15, 0.2) is 53.4 Å². The summed E-state index contributed by atoms with van der Waals surface area (Å²) in [6.45, 7) is 5.65. The zero-order chi connectivity index (χ0) is 22.4. The number of methoxy groups -OCH3 is 1. The summed E-state index contributed by atoms with van der Waals surface area (Å²) in [5.41, 5.74) is 1.81. The Bertz CT molecular complexity index is 984. The van der Waals surface area contributed by atoms with Crippen molar-refractivity contribution in [3.05, 3.63) is 54.1 Å². The molecule has 31 heavy (non-hydrogen) atoms. The van der Waals surface area contributed by atoms with Gasteiger partial charge in [0.1, 0.15) is 5.75 Å². The highest BCUT2D eigenvalue weighted by Gasteiger charge is 2.31. The Morgan fingerprint density at radius 1 is 1.10 bits per heavy atom. The lowest BCUT2D eigenvalue weighted by atomic mass is 10.1. The van der Waals surface area contributed by atoms with Gasteiger partial charge in [0.2, 0.25) is 15.9 Å². The van der Waals surface area contributed by atoms with E-state index in [0.29, 0.717) is 42.5 Å². The van der Waals surface area contributed by atoms with Gasteiger partial charge in [0.15, 0.2) is 0 Å². The Labute approximate surface area is 185 Å². The van der Waals surface area contributed by atoms with E-state index in [9.17, 15) is 13.2 Å². The van der Waals surface area contributed by atoms with Gasteiger partial charge in [-0.25, -0.2) is 8.42 Å². The molecule has 0 bridgehead atoms. The molecule has 1 aliphatic heterocycles. The molecule has 0 unspecified atom stereocenters. The molecule has 0 spiro atoms. The largest absolute Gasteiger partial charge is 0.497 e. The number of sulfonamides is 1. The molecule has 8 heteroatoms. The van der Waals surface area contributed by atoms with E-state index in [1.807, 2.05) is 42.2 Å². The molecule has 0 saturated carbocycles. The molecule has 1 fully saturated rings. The average molecular weight is 446 g/mol.